The van der Waals surface area contributed by atoms with E-state index in [0.717, 1.165) is 13.0 Å². The van der Waals surface area contributed by atoms with Crippen molar-refractivity contribution in [3.05, 3.63) is 108 Å². The second kappa shape index (κ2) is 10.7. The van der Waals surface area contributed by atoms with Crippen LogP contribution in [0.2, 0.25) is 19.6 Å². The number of aromatic carboxylic acids is 1. The fourth-order valence-electron chi connectivity index (χ4n) is 4.22. The van der Waals surface area contributed by atoms with Crippen molar-refractivity contribution in [3.8, 4) is 0 Å². The van der Waals surface area contributed by atoms with Gasteiger partial charge in [-0.2, -0.15) is 0 Å². The van der Waals surface area contributed by atoms with E-state index in [1.54, 1.807) is 30.3 Å². The molecule has 2 N–H and O–H groups in total. The third-order valence-electron chi connectivity index (χ3n) is 5.44. The molecule has 5 heteroatoms. The van der Waals surface area contributed by atoms with E-state index in [1.165, 1.54) is 17.5 Å². The standard InChI is InChI=1S/C20H27NOSi.C7H6O2/c1-23(2,3)22-20(19-15-10-16-21-19,17-11-6-4-7-12-17)18-13-8-5-9-14-18;8-7(9)6-4-2-1-3-5-6/h4-9,11-14,19,21H,10,15-16H2,1-3H3;1-5H,(H,8,9)/t19-;/m0./s1. The Labute approximate surface area is 192 Å². The number of rotatable bonds is 6. The topological polar surface area (TPSA) is 58.6 Å². The molecule has 0 radical (unpaired) electrons. The maximum atomic E-state index is 10.2. The van der Waals surface area contributed by atoms with Crippen LogP contribution >= 0.6 is 0 Å². The van der Waals surface area contributed by atoms with Crippen LogP contribution < -0.4 is 5.32 Å². The van der Waals surface area contributed by atoms with E-state index in [9.17, 15) is 4.79 Å². The molecule has 168 valence electrons. The van der Waals surface area contributed by atoms with Crippen LogP contribution in [-0.4, -0.2) is 32.0 Å². The molecule has 0 spiro atoms. The Hall–Kier alpha value is -2.73. The van der Waals surface area contributed by atoms with E-state index in [0.29, 0.717) is 11.6 Å². The highest BCUT2D eigenvalue weighted by atomic mass is 28.4. The summed E-state index contributed by atoms with van der Waals surface area (Å²) in [5.74, 6) is -0.879. The number of carbonyl (C=O) groups is 1. The Morgan fingerprint density at radius 1 is 0.875 bits per heavy atom. The minimum absolute atomic E-state index is 0.319. The van der Waals surface area contributed by atoms with Crippen molar-refractivity contribution < 1.29 is 14.3 Å². The summed E-state index contributed by atoms with van der Waals surface area (Å²) in [6.45, 7) is 7.91. The van der Waals surface area contributed by atoms with Gasteiger partial charge in [0.15, 0.2) is 8.32 Å². The summed E-state index contributed by atoms with van der Waals surface area (Å²) in [5, 5.41) is 12.1. The number of carboxylic acid groups (broad SMARTS) is 1. The van der Waals surface area contributed by atoms with E-state index in [-0.39, 0.29) is 0 Å². The van der Waals surface area contributed by atoms with Gasteiger partial charge in [0.2, 0.25) is 0 Å². The molecular formula is C27H33NO3Si. The highest BCUT2D eigenvalue weighted by Crippen LogP contribution is 2.42. The maximum absolute atomic E-state index is 10.2. The predicted octanol–water partition coefficient (Wildman–Crippen LogP) is 5.92. The van der Waals surface area contributed by atoms with Crippen molar-refractivity contribution in [1.29, 1.82) is 0 Å². The van der Waals surface area contributed by atoms with Gasteiger partial charge in [-0.15, -0.1) is 0 Å². The van der Waals surface area contributed by atoms with Crippen LogP contribution in [0.25, 0.3) is 0 Å². The largest absolute Gasteiger partial charge is 0.478 e. The average Bonchev–Trinajstić information content (AvgIpc) is 3.34. The third-order valence-corrected chi connectivity index (χ3v) is 6.38. The minimum atomic E-state index is -1.77. The molecule has 0 amide bonds. The van der Waals surface area contributed by atoms with Crippen LogP contribution in [0.5, 0.6) is 0 Å². The second-order valence-electron chi connectivity index (χ2n) is 9.00. The molecule has 3 aromatic rings. The van der Waals surface area contributed by atoms with Gasteiger partial charge in [-0.25, -0.2) is 4.79 Å². The smallest absolute Gasteiger partial charge is 0.335 e. The number of nitrogens with one attached hydrogen (secondary N) is 1. The molecule has 0 saturated carbocycles. The predicted molar refractivity (Wildman–Crippen MR) is 133 cm³/mol. The van der Waals surface area contributed by atoms with Crippen molar-refractivity contribution in [2.75, 3.05) is 6.54 Å². The first kappa shape index (κ1) is 23.9. The van der Waals surface area contributed by atoms with Gasteiger partial charge >= 0.3 is 5.97 Å². The average molecular weight is 448 g/mol. The normalized spacial score (nSPS) is 16.2. The van der Waals surface area contributed by atoms with Crippen LogP contribution in [0.15, 0.2) is 91.0 Å². The van der Waals surface area contributed by atoms with Crippen LogP contribution in [0.1, 0.15) is 34.3 Å². The number of carboxylic acids is 1. The highest BCUT2D eigenvalue weighted by molar-refractivity contribution is 6.69. The van der Waals surface area contributed by atoms with E-state index >= 15 is 0 Å². The highest BCUT2D eigenvalue weighted by Gasteiger charge is 2.46. The molecule has 0 bridgehead atoms. The van der Waals surface area contributed by atoms with Gasteiger partial charge in [-0.05, 0) is 62.3 Å². The van der Waals surface area contributed by atoms with E-state index in [2.05, 4.69) is 85.6 Å². The Bertz CT molecular complexity index is 927. The molecule has 4 nitrogen and oxygen atoms in total. The molecule has 1 fully saturated rings. The fourth-order valence-corrected chi connectivity index (χ4v) is 5.57. The van der Waals surface area contributed by atoms with Crippen LogP contribution in [0.4, 0.5) is 0 Å². The summed E-state index contributed by atoms with van der Waals surface area (Å²) in [4.78, 5) is 10.2. The first-order valence-electron chi connectivity index (χ1n) is 11.2. The van der Waals surface area contributed by atoms with Gasteiger partial charge in [-0.3, -0.25) is 0 Å². The molecular weight excluding hydrogens is 414 g/mol. The summed E-state index contributed by atoms with van der Waals surface area (Å²) in [6.07, 6.45) is 2.36. The lowest BCUT2D eigenvalue weighted by Gasteiger charge is -2.44. The van der Waals surface area contributed by atoms with E-state index in [1.807, 2.05) is 0 Å². The zero-order valence-corrected chi connectivity index (χ0v) is 20.1. The molecule has 1 atom stereocenters. The quantitative estimate of drug-likeness (QED) is 0.461. The summed E-state index contributed by atoms with van der Waals surface area (Å²) < 4.78 is 6.96. The first-order chi connectivity index (χ1) is 15.3. The van der Waals surface area contributed by atoms with Gasteiger partial charge in [0.25, 0.3) is 0 Å². The third kappa shape index (κ3) is 5.94. The molecule has 3 aromatic carbocycles. The Morgan fingerprint density at radius 3 is 1.69 bits per heavy atom. The lowest BCUT2D eigenvalue weighted by molar-refractivity contribution is 0.0639. The van der Waals surface area contributed by atoms with Crippen LogP contribution in [-0.2, 0) is 10.0 Å². The lowest BCUT2D eigenvalue weighted by Crippen LogP contribution is -2.53. The maximum Gasteiger partial charge on any atom is 0.335 e. The Morgan fingerprint density at radius 2 is 1.34 bits per heavy atom. The minimum Gasteiger partial charge on any atom is -0.478 e. The van der Waals surface area contributed by atoms with Crippen molar-refractivity contribution in [1.82, 2.24) is 5.32 Å². The summed E-state index contributed by atoms with van der Waals surface area (Å²) in [6, 6.07) is 30.1. The molecule has 0 aliphatic carbocycles. The van der Waals surface area contributed by atoms with Crippen molar-refractivity contribution in [2.45, 2.75) is 44.1 Å². The molecule has 1 aliphatic heterocycles. The Balaban J connectivity index is 0.000000269. The zero-order valence-electron chi connectivity index (χ0n) is 19.1. The van der Waals surface area contributed by atoms with E-state index in [4.69, 9.17) is 9.53 Å². The molecule has 32 heavy (non-hydrogen) atoms. The van der Waals surface area contributed by atoms with Crippen molar-refractivity contribution in [3.63, 3.8) is 0 Å². The second-order valence-corrected chi connectivity index (χ2v) is 13.4. The van der Waals surface area contributed by atoms with Gasteiger partial charge in [0, 0.05) is 6.04 Å². The number of hydrogen-bond donors (Lipinski definition) is 2. The number of benzene rings is 3. The van der Waals surface area contributed by atoms with Gasteiger partial charge in [-0.1, -0.05) is 78.9 Å². The molecule has 0 unspecified atom stereocenters. The molecule has 1 heterocycles. The monoisotopic (exact) mass is 447 g/mol. The van der Waals surface area contributed by atoms with Crippen LogP contribution in [0, 0.1) is 0 Å². The Kier molecular flexibility index (Phi) is 8.02. The molecule has 4 rings (SSSR count). The SMILES string of the molecule is C[Si](C)(C)OC(c1ccccc1)(c1ccccc1)[C@@H]1CCCN1.O=C(O)c1ccccc1. The van der Waals surface area contributed by atoms with Crippen LogP contribution in [0.3, 0.4) is 0 Å². The van der Waals surface area contributed by atoms with Gasteiger partial charge in [0.05, 0.1) is 5.56 Å². The lowest BCUT2D eigenvalue weighted by atomic mass is 9.79. The fraction of sp³-hybridized carbons (Fsp3) is 0.296. The summed E-state index contributed by atoms with van der Waals surface area (Å²) >= 11 is 0. The van der Waals surface area contributed by atoms with Gasteiger partial charge < -0.3 is 14.8 Å². The number of hydrogen-bond acceptors (Lipinski definition) is 3. The van der Waals surface area contributed by atoms with Gasteiger partial charge in [0.1, 0.15) is 5.60 Å². The van der Waals surface area contributed by atoms with Crippen molar-refractivity contribution >= 4 is 14.3 Å². The molecule has 0 aromatic heterocycles. The first-order valence-corrected chi connectivity index (χ1v) is 14.6. The van der Waals surface area contributed by atoms with Crippen molar-refractivity contribution in [2.24, 2.45) is 0 Å². The van der Waals surface area contributed by atoms with E-state index < -0.39 is 19.9 Å². The summed E-state index contributed by atoms with van der Waals surface area (Å²) in [5.41, 5.74) is 2.45. The molecule has 1 aliphatic rings. The summed E-state index contributed by atoms with van der Waals surface area (Å²) in [7, 11) is -1.77. The molecule has 1 saturated heterocycles. The zero-order chi connectivity index (χ0) is 23.0.